The molecule has 0 fully saturated rings. The molecule has 0 aliphatic carbocycles. The highest BCUT2D eigenvalue weighted by Crippen LogP contribution is 2.25. The van der Waals surface area contributed by atoms with E-state index in [-0.39, 0.29) is 11.9 Å². The number of nitrogens with zero attached hydrogens (tertiary/aromatic N) is 2. The van der Waals surface area contributed by atoms with Crippen LogP contribution in [0.1, 0.15) is 16.5 Å². The molecular formula is C10H10FN3S. The van der Waals surface area contributed by atoms with Gasteiger partial charge in [-0.1, -0.05) is 22.7 Å². The molecule has 1 heterocycles. The number of hydrogen-bond donors (Lipinski definition) is 1. The minimum Gasteiger partial charge on any atom is -0.308 e. The second-order valence-corrected chi connectivity index (χ2v) is 3.88. The molecule has 1 unspecified atom stereocenters. The highest BCUT2D eigenvalue weighted by molar-refractivity contribution is 7.05. The molecule has 0 bridgehead atoms. The van der Waals surface area contributed by atoms with Crippen molar-refractivity contribution in [1.29, 1.82) is 0 Å². The molecule has 0 saturated carbocycles. The van der Waals surface area contributed by atoms with Crippen LogP contribution in [0.15, 0.2) is 30.5 Å². The lowest BCUT2D eigenvalue weighted by atomic mass is 10.1. The van der Waals surface area contributed by atoms with E-state index in [1.165, 1.54) is 17.6 Å². The highest BCUT2D eigenvalue weighted by Gasteiger charge is 2.17. The van der Waals surface area contributed by atoms with Crippen LogP contribution in [-0.2, 0) is 0 Å². The van der Waals surface area contributed by atoms with Crippen molar-refractivity contribution in [3.8, 4) is 0 Å². The standard InChI is InChI=1S/C10H10FN3S/c1-12-10(9-6-13-14-15-9)7-4-2-3-5-8(7)11/h2-6,10,12H,1H3. The van der Waals surface area contributed by atoms with Gasteiger partial charge in [-0.2, -0.15) is 0 Å². The summed E-state index contributed by atoms with van der Waals surface area (Å²) in [5, 5.41) is 6.80. The van der Waals surface area contributed by atoms with Crippen molar-refractivity contribution in [2.24, 2.45) is 0 Å². The molecule has 0 spiro atoms. The summed E-state index contributed by atoms with van der Waals surface area (Å²) in [6.45, 7) is 0. The average molecular weight is 223 g/mol. The van der Waals surface area contributed by atoms with Gasteiger partial charge in [0.05, 0.1) is 17.1 Å². The van der Waals surface area contributed by atoms with Gasteiger partial charge in [-0.05, 0) is 24.6 Å². The topological polar surface area (TPSA) is 37.8 Å². The third-order valence-electron chi connectivity index (χ3n) is 2.17. The molecule has 15 heavy (non-hydrogen) atoms. The zero-order chi connectivity index (χ0) is 10.7. The number of hydrogen-bond acceptors (Lipinski definition) is 4. The fourth-order valence-electron chi connectivity index (χ4n) is 1.46. The van der Waals surface area contributed by atoms with Gasteiger partial charge in [0.1, 0.15) is 5.82 Å². The van der Waals surface area contributed by atoms with Crippen LogP contribution in [0, 0.1) is 5.82 Å². The van der Waals surface area contributed by atoms with Crippen molar-refractivity contribution in [2.75, 3.05) is 7.05 Å². The Morgan fingerprint density at radius 1 is 1.40 bits per heavy atom. The minimum absolute atomic E-state index is 0.175. The van der Waals surface area contributed by atoms with E-state index in [9.17, 15) is 4.39 Å². The normalized spacial score (nSPS) is 12.7. The third kappa shape index (κ3) is 2.03. The number of aromatic nitrogens is 2. The first-order valence-corrected chi connectivity index (χ1v) is 5.29. The van der Waals surface area contributed by atoms with Gasteiger partial charge in [0.15, 0.2) is 0 Å². The second-order valence-electron chi connectivity index (χ2n) is 3.06. The molecular weight excluding hydrogens is 213 g/mol. The lowest BCUT2D eigenvalue weighted by molar-refractivity contribution is 0.579. The molecule has 2 aromatic rings. The van der Waals surface area contributed by atoms with Gasteiger partial charge in [0, 0.05) is 5.56 Å². The van der Waals surface area contributed by atoms with Crippen molar-refractivity contribution in [3.05, 3.63) is 46.7 Å². The molecule has 1 N–H and O–H groups in total. The molecule has 5 heteroatoms. The van der Waals surface area contributed by atoms with E-state index in [1.807, 2.05) is 6.07 Å². The number of nitrogens with one attached hydrogen (secondary N) is 1. The lowest BCUT2D eigenvalue weighted by Gasteiger charge is -2.14. The van der Waals surface area contributed by atoms with Crippen molar-refractivity contribution in [2.45, 2.75) is 6.04 Å². The molecule has 0 saturated heterocycles. The molecule has 2 rings (SSSR count). The Hall–Kier alpha value is -1.33. The smallest absolute Gasteiger partial charge is 0.128 e. The van der Waals surface area contributed by atoms with Crippen molar-refractivity contribution in [1.82, 2.24) is 14.9 Å². The Morgan fingerprint density at radius 3 is 2.80 bits per heavy atom. The first-order valence-electron chi connectivity index (χ1n) is 4.52. The average Bonchev–Trinajstić information content (AvgIpc) is 2.75. The predicted octanol–water partition coefficient (Wildman–Crippen LogP) is 1.99. The maximum atomic E-state index is 13.5. The van der Waals surface area contributed by atoms with E-state index in [4.69, 9.17) is 0 Å². The largest absolute Gasteiger partial charge is 0.308 e. The molecule has 0 aliphatic heterocycles. The molecule has 0 amide bonds. The minimum atomic E-state index is -0.217. The first-order chi connectivity index (χ1) is 7.33. The summed E-state index contributed by atoms with van der Waals surface area (Å²) in [5.41, 5.74) is 0.617. The summed E-state index contributed by atoms with van der Waals surface area (Å²) in [7, 11) is 1.79. The highest BCUT2D eigenvalue weighted by atomic mass is 32.1. The molecule has 1 aromatic heterocycles. The van der Waals surface area contributed by atoms with Gasteiger partial charge in [0.2, 0.25) is 0 Å². The molecule has 3 nitrogen and oxygen atoms in total. The Bertz CT molecular complexity index is 430. The van der Waals surface area contributed by atoms with Gasteiger partial charge in [-0.15, -0.1) is 5.10 Å². The summed E-state index contributed by atoms with van der Waals surface area (Å²) in [6.07, 6.45) is 1.65. The van der Waals surface area contributed by atoms with Crippen molar-refractivity contribution >= 4 is 11.5 Å². The maximum absolute atomic E-state index is 13.5. The van der Waals surface area contributed by atoms with Crippen LogP contribution in [0.5, 0.6) is 0 Å². The van der Waals surface area contributed by atoms with Crippen LogP contribution >= 0.6 is 11.5 Å². The van der Waals surface area contributed by atoms with Crippen molar-refractivity contribution in [3.63, 3.8) is 0 Å². The molecule has 78 valence electrons. The third-order valence-corrected chi connectivity index (χ3v) is 2.90. The molecule has 1 aromatic carbocycles. The lowest BCUT2D eigenvalue weighted by Crippen LogP contribution is -2.17. The van der Waals surface area contributed by atoms with Crippen LogP contribution < -0.4 is 5.32 Å². The van der Waals surface area contributed by atoms with Gasteiger partial charge in [-0.3, -0.25) is 0 Å². The van der Waals surface area contributed by atoms with E-state index in [0.717, 1.165) is 4.88 Å². The Kier molecular flexibility index (Phi) is 3.03. The number of benzene rings is 1. The van der Waals surface area contributed by atoms with Gasteiger partial charge in [-0.25, -0.2) is 4.39 Å². The second kappa shape index (κ2) is 4.46. The van der Waals surface area contributed by atoms with Gasteiger partial charge in [0.25, 0.3) is 0 Å². The molecule has 0 aliphatic rings. The zero-order valence-corrected chi connectivity index (χ0v) is 8.96. The number of rotatable bonds is 3. The SMILES string of the molecule is CNC(c1cnns1)c1ccccc1F. The van der Waals surface area contributed by atoms with E-state index >= 15 is 0 Å². The Morgan fingerprint density at radius 2 is 2.20 bits per heavy atom. The first kappa shape index (κ1) is 10.2. The monoisotopic (exact) mass is 223 g/mol. The van der Waals surface area contributed by atoms with E-state index < -0.39 is 0 Å². The summed E-state index contributed by atoms with van der Waals surface area (Å²) in [5.74, 6) is -0.217. The fraction of sp³-hybridized carbons (Fsp3) is 0.200. The van der Waals surface area contributed by atoms with Crippen LogP contribution in [-0.4, -0.2) is 16.6 Å². The van der Waals surface area contributed by atoms with E-state index in [1.54, 1.807) is 25.4 Å². The molecule has 0 radical (unpaired) electrons. The van der Waals surface area contributed by atoms with Crippen LogP contribution in [0.4, 0.5) is 4.39 Å². The van der Waals surface area contributed by atoms with Crippen LogP contribution in [0.3, 0.4) is 0 Å². The van der Waals surface area contributed by atoms with E-state index in [0.29, 0.717) is 5.56 Å². The molecule has 1 atom stereocenters. The summed E-state index contributed by atoms with van der Waals surface area (Å²) < 4.78 is 17.3. The van der Waals surface area contributed by atoms with Crippen LogP contribution in [0.2, 0.25) is 0 Å². The summed E-state index contributed by atoms with van der Waals surface area (Å²) in [4.78, 5) is 0.905. The zero-order valence-electron chi connectivity index (χ0n) is 8.14. The maximum Gasteiger partial charge on any atom is 0.128 e. The Labute approximate surface area is 91.1 Å². The summed E-state index contributed by atoms with van der Waals surface area (Å²) >= 11 is 1.27. The van der Waals surface area contributed by atoms with Gasteiger partial charge < -0.3 is 5.32 Å². The van der Waals surface area contributed by atoms with Crippen molar-refractivity contribution < 1.29 is 4.39 Å². The summed E-state index contributed by atoms with van der Waals surface area (Å²) in [6, 6.07) is 6.53. The van der Waals surface area contributed by atoms with Crippen LogP contribution in [0.25, 0.3) is 0 Å². The predicted molar refractivity (Wildman–Crippen MR) is 57.2 cm³/mol. The van der Waals surface area contributed by atoms with E-state index in [2.05, 4.69) is 14.9 Å². The van der Waals surface area contributed by atoms with Gasteiger partial charge >= 0.3 is 0 Å². The Balaban J connectivity index is 2.40. The number of halogens is 1. The quantitative estimate of drug-likeness (QED) is 0.864. The fourth-order valence-corrected chi connectivity index (χ4v) is 2.10.